The molecule has 33 nitrogen and oxygen atoms in total. The summed E-state index contributed by atoms with van der Waals surface area (Å²) in [6.07, 6.45) is -48.8. The van der Waals surface area contributed by atoms with Gasteiger partial charge < -0.3 is 154 Å². The molecule has 0 aromatic rings. The Balaban J connectivity index is 0.857. The molecule has 6 aliphatic heterocycles. The van der Waals surface area contributed by atoms with Crippen molar-refractivity contribution in [2.45, 2.75) is 284 Å². The summed E-state index contributed by atoms with van der Waals surface area (Å²) in [5.41, 5.74) is -5.98. The first kappa shape index (κ1) is 74.7. The lowest BCUT2D eigenvalue weighted by molar-refractivity contribution is -0.388. The minimum absolute atomic E-state index is 0.0204. The number of rotatable bonds is 15. The average molecular weight is 1390 g/mol. The van der Waals surface area contributed by atoms with Gasteiger partial charge in [-0.2, -0.15) is 0 Å². The van der Waals surface area contributed by atoms with Crippen molar-refractivity contribution < 1.29 is 163 Å². The standard InChI is InChI=1S/C63H100O33/c1-22-45(91-50-41(78)34(71)26(67)19-85-50)46(92-51-42(79)35(72)27(68)20-86-51)44(81)53(88-22)93-47-36(73)28(69)21-87-54(47)96-57(84)63-13-12-58(2,3)14-24(63)23-8-9-31-59(4)15-25(66)49(62(7,56(82)83)32(59)10-11-60(31,5)61(23,6)16-33(63)70)95-55-48(40(77)38(75)30(18-65)90-55)94-52-43(80)39(76)37(74)29(17-64)89-52/h8,22,24-55,64-81H,9-21H2,1-7H3,(H,82,83). The summed E-state index contributed by atoms with van der Waals surface area (Å²) in [4.78, 5) is 29.9. The van der Waals surface area contributed by atoms with E-state index in [0.717, 1.165) is 5.57 Å². The number of fused-ring (bicyclic) bond motifs is 7. The van der Waals surface area contributed by atoms with E-state index >= 15 is 4.79 Å². The molecule has 6 saturated heterocycles. The third kappa shape index (κ3) is 12.3. The highest BCUT2D eigenvalue weighted by molar-refractivity contribution is 5.80. The Hall–Kier alpha value is -2.48. The Bertz CT molecular complexity index is 2770. The number of carbonyl (C=O) groups is 2. The number of carboxylic acid groups (broad SMARTS) is 1. The third-order valence-electron chi connectivity index (χ3n) is 24.5. The van der Waals surface area contributed by atoms with Crippen LogP contribution in [-0.4, -0.2) is 326 Å². The minimum atomic E-state index is -2.05. The molecule has 5 aliphatic carbocycles. The molecule has 6 heterocycles. The van der Waals surface area contributed by atoms with Gasteiger partial charge in [-0.05, 0) is 105 Å². The maximum atomic E-state index is 15.7. The smallest absolute Gasteiger partial charge is 0.317 e. The monoisotopic (exact) mass is 1380 g/mol. The van der Waals surface area contributed by atoms with E-state index in [1.165, 1.54) is 13.8 Å². The summed E-state index contributed by atoms with van der Waals surface area (Å²) in [6, 6.07) is 0. The van der Waals surface area contributed by atoms with Crippen LogP contribution >= 0.6 is 0 Å². The topological polar surface area (TPSA) is 529 Å². The number of hydrogen-bond donors (Lipinski definition) is 19. The first-order valence-corrected chi connectivity index (χ1v) is 33.3. The zero-order valence-corrected chi connectivity index (χ0v) is 54.5. The molecule has 38 atom stereocenters. The second-order valence-electron chi connectivity index (χ2n) is 30.6. The fourth-order valence-electron chi connectivity index (χ4n) is 18.7. The van der Waals surface area contributed by atoms with Gasteiger partial charge in [-0.25, -0.2) is 0 Å². The highest BCUT2D eigenvalue weighted by atomic mass is 16.8. The SMILES string of the molecule is CC1OC(OC2C(OC(=O)C34CCC(C)(C)CC3C3=CCC5C6(C)CC(O)C(OC7OC(CO)C(O)C(O)C7OC7OC(CO)C(O)C(O)C7O)C(C)(C(=O)O)C6CCC5(C)C3(C)CC4O)OCC(O)C2O)C(O)C(OC2OCC(O)C(O)C2O)C1OC1OCC(O)C(O)C1O. The lowest BCUT2D eigenvalue weighted by Crippen LogP contribution is -2.71. The van der Waals surface area contributed by atoms with Gasteiger partial charge in [-0.3, -0.25) is 9.59 Å². The zero-order valence-electron chi connectivity index (χ0n) is 54.5. The van der Waals surface area contributed by atoms with Crippen molar-refractivity contribution in [1.29, 1.82) is 0 Å². The molecule has 96 heavy (non-hydrogen) atoms. The Morgan fingerprint density at radius 2 is 1.01 bits per heavy atom. The lowest BCUT2D eigenvalue weighted by atomic mass is 9.33. The van der Waals surface area contributed by atoms with Gasteiger partial charge in [0.1, 0.15) is 127 Å². The summed E-state index contributed by atoms with van der Waals surface area (Å²) >= 11 is 0. The Morgan fingerprint density at radius 3 is 1.59 bits per heavy atom. The normalized spacial score (nSPS) is 55.1. The van der Waals surface area contributed by atoms with Crippen molar-refractivity contribution in [1.82, 2.24) is 0 Å². The summed E-state index contributed by atoms with van der Waals surface area (Å²) in [5, 5.41) is 210. The Labute approximate surface area is 552 Å². The number of aliphatic carboxylic acids is 1. The third-order valence-corrected chi connectivity index (χ3v) is 24.5. The van der Waals surface area contributed by atoms with Crippen LogP contribution in [0.3, 0.4) is 0 Å². The molecule has 0 bridgehead atoms. The predicted octanol–water partition coefficient (Wildman–Crippen LogP) is -6.44. The van der Waals surface area contributed by atoms with Gasteiger partial charge in [0, 0.05) is 0 Å². The van der Waals surface area contributed by atoms with Crippen molar-refractivity contribution in [2.75, 3.05) is 33.0 Å². The maximum absolute atomic E-state index is 15.7. The molecule has 11 rings (SSSR count). The molecule has 11 aliphatic rings. The number of esters is 1. The van der Waals surface area contributed by atoms with E-state index in [2.05, 4.69) is 13.0 Å². The summed E-state index contributed by atoms with van der Waals surface area (Å²) in [7, 11) is 0. The molecule has 38 unspecified atom stereocenters. The van der Waals surface area contributed by atoms with Crippen molar-refractivity contribution in [3.05, 3.63) is 11.6 Å². The quantitative estimate of drug-likeness (QED) is 0.0412. The average Bonchev–Trinajstić information content (AvgIpc) is 0.669. The van der Waals surface area contributed by atoms with E-state index in [9.17, 15) is 102 Å². The number of aliphatic hydroxyl groups excluding tert-OH is 18. The molecule has 0 radical (unpaired) electrons. The van der Waals surface area contributed by atoms with Crippen LogP contribution < -0.4 is 0 Å². The molecule has 10 fully saturated rings. The molecule has 0 amide bonds. The summed E-state index contributed by atoms with van der Waals surface area (Å²) in [5.74, 6) is -4.23. The fraction of sp³-hybridized carbons (Fsp3) is 0.937. The number of hydrogen-bond acceptors (Lipinski definition) is 32. The lowest BCUT2D eigenvalue weighted by Gasteiger charge is -2.71. The second-order valence-corrected chi connectivity index (χ2v) is 30.6. The second kappa shape index (κ2) is 27.6. The van der Waals surface area contributed by atoms with Gasteiger partial charge in [0.2, 0.25) is 6.29 Å². The van der Waals surface area contributed by atoms with Crippen molar-refractivity contribution >= 4 is 11.9 Å². The van der Waals surface area contributed by atoms with Crippen LogP contribution in [0.2, 0.25) is 0 Å². The first-order chi connectivity index (χ1) is 44.9. The molecule has 550 valence electrons. The largest absolute Gasteiger partial charge is 0.481 e. The van der Waals surface area contributed by atoms with Gasteiger partial charge >= 0.3 is 11.9 Å². The zero-order chi connectivity index (χ0) is 70.2. The van der Waals surface area contributed by atoms with Crippen molar-refractivity contribution in [3.8, 4) is 0 Å². The van der Waals surface area contributed by atoms with E-state index in [-0.39, 0.29) is 25.7 Å². The predicted molar refractivity (Wildman–Crippen MR) is 313 cm³/mol. The number of ether oxygens (including phenoxy) is 12. The van der Waals surface area contributed by atoms with Gasteiger partial charge in [0.25, 0.3) is 0 Å². The minimum Gasteiger partial charge on any atom is -0.481 e. The molecule has 19 N–H and O–H groups in total. The van der Waals surface area contributed by atoms with Crippen LogP contribution in [0.4, 0.5) is 0 Å². The van der Waals surface area contributed by atoms with Crippen LogP contribution in [0.25, 0.3) is 0 Å². The van der Waals surface area contributed by atoms with Crippen LogP contribution in [0.1, 0.15) is 99.8 Å². The number of carboxylic acids is 1. The van der Waals surface area contributed by atoms with E-state index in [4.69, 9.17) is 56.8 Å². The molecule has 0 aromatic carbocycles. The molecule has 0 spiro atoms. The van der Waals surface area contributed by atoms with E-state index in [1.807, 2.05) is 27.7 Å². The maximum Gasteiger partial charge on any atom is 0.317 e. The molecule has 0 aromatic heterocycles. The highest BCUT2D eigenvalue weighted by Gasteiger charge is 2.75. The van der Waals surface area contributed by atoms with Gasteiger partial charge in [-0.15, -0.1) is 0 Å². The first-order valence-electron chi connectivity index (χ1n) is 33.3. The van der Waals surface area contributed by atoms with Crippen LogP contribution in [-0.2, 0) is 66.4 Å². The van der Waals surface area contributed by atoms with E-state index in [1.54, 1.807) is 0 Å². The number of aliphatic hydroxyl groups is 18. The van der Waals surface area contributed by atoms with Gasteiger partial charge in [0.05, 0.1) is 56.8 Å². The molecule has 4 saturated carbocycles. The number of allylic oxidation sites excluding steroid dienone is 2. The van der Waals surface area contributed by atoms with Crippen LogP contribution in [0.15, 0.2) is 11.6 Å². The van der Waals surface area contributed by atoms with Crippen LogP contribution in [0, 0.1) is 50.2 Å². The van der Waals surface area contributed by atoms with E-state index in [0.29, 0.717) is 25.7 Å². The van der Waals surface area contributed by atoms with Gasteiger partial charge in [-0.1, -0.05) is 46.3 Å². The van der Waals surface area contributed by atoms with Crippen molar-refractivity contribution in [2.24, 2.45) is 50.2 Å². The van der Waals surface area contributed by atoms with E-state index < -0.39 is 279 Å². The van der Waals surface area contributed by atoms with Crippen LogP contribution in [0.5, 0.6) is 0 Å². The molecular formula is C63H100O33. The molecule has 33 heteroatoms. The highest BCUT2D eigenvalue weighted by Crippen LogP contribution is 2.76. The van der Waals surface area contributed by atoms with Crippen molar-refractivity contribution in [3.63, 3.8) is 0 Å². The number of carbonyl (C=O) groups excluding carboxylic acids is 1. The fourth-order valence-corrected chi connectivity index (χ4v) is 18.7. The Kier molecular flexibility index (Phi) is 21.5. The van der Waals surface area contributed by atoms with Gasteiger partial charge in [0.15, 0.2) is 37.6 Å². The summed E-state index contributed by atoms with van der Waals surface area (Å²) < 4.78 is 71.6. The summed E-state index contributed by atoms with van der Waals surface area (Å²) in [6.45, 7) is 9.63. The Morgan fingerprint density at radius 1 is 0.500 bits per heavy atom. The molecular weight excluding hydrogens is 1280 g/mol.